The number of ether oxygens (including phenoxy) is 4. The summed E-state index contributed by atoms with van der Waals surface area (Å²) in [5, 5.41) is 1.09. The normalized spacial score (nSPS) is 11.7. The molecule has 0 fully saturated rings. The summed E-state index contributed by atoms with van der Waals surface area (Å²) in [4.78, 5) is 18.7. The lowest BCUT2D eigenvalue weighted by Gasteiger charge is -2.24. The Kier molecular flexibility index (Phi) is 8.23. The highest BCUT2D eigenvalue weighted by molar-refractivity contribution is 5.86. The minimum absolute atomic E-state index is 0.0497. The molecule has 1 heterocycles. The number of amides is 1. The maximum atomic E-state index is 13.5. The number of aromatic nitrogens is 1. The van der Waals surface area contributed by atoms with Crippen molar-refractivity contribution in [3.05, 3.63) is 83.6 Å². The molecule has 4 aromatic rings. The number of benzene rings is 3. The van der Waals surface area contributed by atoms with Gasteiger partial charge in [-0.25, -0.2) is 0 Å². The van der Waals surface area contributed by atoms with Gasteiger partial charge in [-0.15, -0.1) is 0 Å². The lowest BCUT2D eigenvalue weighted by Crippen LogP contribution is -2.30. The van der Waals surface area contributed by atoms with Gasteiger partial charge in [-0.3, -0.25) is 4.79 Å². The second-order valence-corrected chi connectivity index (χ2v) is 8.91. The Labute approximate surface area is 217 Å². The zero-order valence-corrected chi connectivity index (χ0v) is 22.0. The number of aromatic amines is 1. The molecule has 0 bridgehead atoms. The minimum atomic E-state index is -0.201. The summed E-state index contributed by atoms with van der Waals surface area (Å²) in [6, 6.07) is 19.7. The smallest absolute Gasteiger partial charge is 0.223 e. The van der Waals surface area contributed by atoms with Crippen LogP contribution in [0.2, 0.25) is 0 Å². The van der Waals surface area contributed by atoms with E-state index in [1.54, 1.807) is 33.3 Å². The first-order valence-electron chi connectivity index (χ1n) is 12.2. The Morgan fingerprint density at radius 2 is 1.59 bits per heavy atom. The van der Waals surface area contributed by atoms with E-state index < -0.39 is 0 Å². The lowest BCUT2D eigenvalue weighted by atomic mass is 9.87. The van der Waals surface area contributed by atoms with E-state index in [1.165, 1.54) is 0 Å². The van der Waals surface area contributed by atoms with Crippen LogP contribution in [0.15, 0.2) is 66.9 Å². The largest absolute Gasteiger partial charge is 0.497 e. The molecule has 0 radical (unpaired) electrons. The Bertz CT molecular complexity index is 1360. The topological polar surface area (TPSA) is 73.0 Å². The first-order chi connectivity index (χ1) is 18.0. The molecule has 7 heteroatoms. The number of H-pyrrole nitrogens is 1. The first-order valence-corrected chi connectivity index (χ1v) is 12.2. The number of hydrogen-bond acceptors (Lipinski definition) is 5. The summed E-state index contributed by atoms with van der Waals surface area (Å²) in [6.45, 7) is 0.578. The summed E-state index contributed by atoms with van der Waals surface area (Å²) >= 11 is 0. The van der Waals surface area contributed by atoms with E-state index in [0.29, 0.717) is 42.4 Å². The molecule has 1 amide bonds. The van der Waals surface area contributed by atoms with Gasteiger partial charge in [0.2, 0.25) is 5.91 Å². The maximum Gasteiger partial charge on any atom is 0.223 e. The maximum absolute atomic E-state index is 13.5. The third kappa shape index (κ3) is 5.66. The molecule has 1 N–H and O–H groups in total. The van der Waals surface area contributed by atoms with E-state index in [1.807, 2.05) is 67.8 Å². The number of methoxy groups -OCH3 is 4. The second-order valence-electron chi connectivity index (χ2n) is 8.91. The predicted octanol–water partition coefficient (Wildman–Crippen LogP) is 5.43. The molecule has 0 aliphatic carbocycles. The average Bonchev–Trinajstić information content (AvgIpc) is 3.37. The molecule has 1 unspecified atom stereocenters. The highest BCUT2D eigenvalue weighted by atomic mass is 16.5. The van der Waals surface area contributed by atoms with Crippen LogP contribution in [0.4, 0.5) is 0 Å². The van der Waals surface area contributed by atoms with E-state index in [4.69, 9.17) is 18.9 Å². The van der Waals surface area contributed by atoms with Gasteiger partial charge in [-0.2, -0.15) is 0 Å². The number of fused-ring (bicyclic) bond motifs is 1. The number of carbonyl (C=O) groups excluding carboxylic acids is 1. The molecule has 0 aliphatic rings. The molecule has 3 aromatic carbocycles. The first kappa shape index (κ1) is 25.9. The number of nitrogens with zero attached hydrogens (tertiary/aromatic N) is 1. The van der Waals surface area contributed by atoms with Crippen molar-refractivity contribution in [3.8, 4) is 23.0 Å². The van der Waals surface area contributed by atoms with E-state index in [9.17, 15) is 4.79 Å². The van der Waals surface area contributed by atoms with Gasteiger partial charge in [0.25, 0.3) is 0 Å². The van der Waals surface area contributed by atoms with Crippen molar-refractivity contribution in [2.75, 3.05) is 42.0 Å². The molecule has 0 saturated carbocycles. The quantitative estimate of drug-likeness (QED) is 0.296. The Morgan fingerprint density at radius 3 is 2.32 bits per heavy atom. The van der Waals surface area contributed by atoms with E-state index >= 15 is 0 Å². The number of likely N-dealkylation sites (N-methyl/N-ethyl adjacent to an activating group) is 1. The third-order valence-corrected chi connectivity index (χ3v) is 6.80. The molecule has 1 aromatic heterocycles. The van der Waals surface area contributed by atoms with Crippen molar-refractivity contribution in [1.82, 2.24) is 9.88 Å². The fraction of sp³-hybridized carbons (Fsp3) is 0.300. The molecular formula is C30H34N2O5. The summed E-state index contributed by atoms with van der Waals surface area (Å²) in [6.07, 6.45) is 3.00. The Morgan fingerprint density at radius 1 is 0.838 bits per heavy atom. The lowest BCUT2D eigenvalue weighted by molar-refractivity contribution is -0.130. The average molecular weight is 503 g/mol. The Hall–Kier alpha value is -4.13. The Balaban J connectivity index is 1.59. The fourth-order valence-electron chi connectivity index (χ4n) is 4.66. The van der Waals surface area contributed by atoms with Crippen molar-refractivity contribution >= 4 is 16.8 Å². The fourth-order valence-corrected chi connectivity index (χ4v) is 4.66. The highest BCUT2D eigenvalue weighted by Gasteiger charge is 2.26. The van der Waals surface area contributed by atoms with Gasteiger partial charge in [0.1, 0.15) is 11.5 Å². The monoisotopic (exact) mass is 502 g/mol. The predicted molar refractivity (Wildman–Crippen MR) is 145 cm³/mol. The number of rotatable bonds is 11. The van der Waals surface area contributed by atoms with Gasteiger partial charge in [-0.1, -0.05) is 30.3 Å². The molecular weight excluding hydrogens is 468 g/mol. The van der Waals surface area contributed by atoms with Crippen LogP contribution in [0.25, 0.3) is 10.9 Å². The van der Waals surface area contributed by atoms with Gasteiger partial charge < -0.3 is 28.8 Å². The van der Waals surface area contributed by atoms with E-state index in [0.717, 1.165) is 27.6 Å². The zero-order valence-electron chi connectivity index (χ0n) is 22.0. The second kappa shape index (κ2) is 11.7. The molecule has 37 heavy (non-hydrogen) atoms. The highest BCUT2D eigenvalue weighted by Crippen LogP contribution is 2.39. The van der Waals surface area contributed by atoms with Gasteiger partial charge >= 0.3 is 0 Å². The summed E-state index contributed by atoms with van der Waals surface area (Å²) in [7, 11) is 8.35. The SMILES string of the molecule is COc1ccc(C(CC(=O)N(C)CCc2ccc(OC)c(OC)c2)c2c[nH]c3ccccc23)c(OC)c1. The van der Waals surface area contributed by atoms with Crippen molar-refractivity contribution in [2.45, 2.75) is 18.8 Å². The summed E-state index contributed by atoms with van der Waals surface area (Å²) in [5.41, 5.74) is 4.10. The van der Waals surface area contributed by atoms with Gasteiger partial charge in [-0.05, 0) is 41.8 Å². The van der Waals surface area contributed by atoms with Gasteiger partial charge in [0, 0.05) is 54.7 Å². The number of para-hydroxylation sites is 1. The van der Waals surface area contributed by atoms with Crippen LogP contribution in [-0.4, -0.2) is 57.8 Å². The van der Waals surface area contributed by atoms with Crippen molar-refractivity contribution in [2.24, 2.45) is 0 Å². The van der Waals surface area contributed by atoms with Crippen molar-refractivity contribution in [3.63, 3.8) is 0 Å². The van der Waals surface area contributed by atoms with Crippen LogP contribution < -0.4 is 18.9 Å². The standard InChI is InChI=1S/C30H34N2O5/c1-32(15-14-20-10-13-27(35-3)29(16-20)37-5)30(33)18-24(23-12-11-21(34-2)17-28(23)36-4)25-19-31-26-9-7-6-8-22(25)26/h6-13,16-17,19,24,31H,14-15,18H2,1-5H3. The molecule has 7 nitrogen and oxygen atoms in total. The van der Waals surface area contributed by atoms with Gasteiger partial charge in [0.15, 0.2) is 11.5 Å². The van der Waals surface area contributed by atoms with Crippen LogP contribution in [-0.2, 0) is 11.2 Å². The molecule has 1 atom stereocenters. The van der Waals surface area contributed by atoms with Crippen LogP contribution in [0, 0.1) is 0 Å². The minimum Gasteiger partial charge on any atom is -0.497 e. The van der Waals surface area contributed by atoms with E-state index in [-0.39, 0.29) is 11.8 Å². The number of nitrogens with one attached hydrogen (secondary N) is 1. The number of carbonyl (C=O) groups is 1. The summed E-state index contributed by atoms with van der Waals surface area (Å²) in [5.74, 6) is 2.61. The van der Waals surface area contributed by atoms with Gasteiger partial charge in [0.05, 0.1) is 28.4 Å². The molecule has 0 aliphatic heterocycles. The van der Waals surface area contributed by atoms with Crippen LogP contribution in [0.3, 0.4) is 0 Å². The molecule has 0 saturated heterocycles. The third-order valence-electron chi connectivity index (χ3n) is 6.80. The molecule has 4 rings (SSSR count). The van der Waals surface area contributed by atoms with Crippen LogP contribution in [0.5, 0.6) is 23.0 Å². The summed E-state index contributed by atoms with van der Waals surface area (Å²) < 4.78 is 21.9. The van der Waals surface area contributed by atoms with Crippen molar-refractivity contribution < 1.29 is 23.7 Å². The molecule has 194 valence electrons. The van der Waals surface area contributed by atoms with Crippen molar-refractivity contribution in [1.29, 1.82) is 0 Å². The molecule has 0 spiro atoms. The van der Waals surface area contributed by atoms with E-state index in [2.05, 4.69) is 11.1 Å². The van der Waals surface area contributed by atoms with Crippen LogP contribution >= 0.6 is 0 Å². The zero-order chi connectivity index (χ0) is 26.4. The van der Waals surface area contributed by atoms with Crippen LogP contribution in [0.1, 0.15) is 29.0 Å². The number of hydrogen-bond donors (Lipinski definition) is 1.